The van der Waals surface area contributed by atoms with E-state index in [1.807, 2.05) is 41.0 Å². The highest BCUT2D eigenvalue weighted by molar-refractivity contribution is 9.10. The van der Waals surface area contributed by atoms with E-state index in [-0.39, 0.29) is 0 Å². The molecule has 0 aliphatic heterocycles. The summed E-state index contributed by atoms with van der Waals surface area (Å²) in [5.74, 6) is 0.883. The van der Waals surface area contributed by atoms with Gasteiger partial charge >= 0.3 is 0 Å². The highest BCUT2D eigenvalue weighted by Crippen LogP contribution is 2.24. The molecule has 0 amide bonds. The molecule has 1 aromatic heterocycles. The lowest BCUT2D eigenvalue weighted by Crippen LogP contribution is -1.97. The maximum absolute atomic E-state index is 5.61. The van der Waals surface area contributed by atoms with Crippen LogP contribution in [-0.2, 0) is 0 Å². The van der Waals surface area contributed by atoms with Gasteiger partial charge < -0.3 is 9.72 Å². The fourth-order valence-corrected chi connectivity index (χ4v) is 2.91. The van der Waals surface area contributed by atoms with Crippen LogP contribution in [0.1, 0.15) is 13.3 Å². The van der Waals surface area contributed by atoms with Crippen molar-refractivity contribution in [2.45, 2.75) is 13.3 Å². The maximum atomic E-state index is 5.61. The van der Waals surface area contributed by atoms with Crippen molar-refractivity contribution in [2.24, 2.45) is 0 Å². The summed E-state index contributed by atoms with van der Waals surface area (Å²) >= 11 is 8.95. The Kier molecular flexibility index (Phi) is 4.12. The van der Waals surface area contributed by atoms with Crippen molar-refractivity contribution < 1.29 is 4.74 Å². The van der Waals surface area contributed by atoms with Gasteiger partial charge in [0.25, 0.3) is 0 Å². The van der Waals surface area contributed by atoms with Gasteiger partial charge in [-0.1, -0.05) is 22.9 Å². The Morgan fingerprint density at radius 3 is 2.67 bits per heavy atom. The van der Waals surface area contributed by atoms with Crippen molar-refractivity contribution in [1.82, 2.24) is 9.55 Å². The fraction of sp³-hybridized carbons (Fsp3) is 0.188. The van der Waals surface area contributed by atoms with Gasteiger partial charge in [0.05, 0.1) is 17.6 Å². The Hall–Kier alpha value is -1.59. The van der Waals surface area contributed by atoms with Crippen molar-refractivity contribution in [3.8, 4) is 11.4 Å². The molecule has 21 heavy (non-hydrogen) atoms. The average molecular weight is 363 g/mol. The summed E-state index contributed by atoms with van der Waals surface area (Å²) in [5, 5.41) is 0. The maximum Gasteiger partial charge on any atom is 0.182 e. The molecule has 0 atom stereocenters. The lowest BCUT2D eigenvalue weighted by molar-refractivity contribution is 0.317. The van der Waals surface area contributed by atoms with Crippen molar-refractivity contribution >= 4 is 39.2 Å². The molecule has 0 radical (unpaired) electrons. The lowest BCUT2D eigenvalue weighted by atomic mass is 10.2. The molecule has 1 N–H and O–H groups in total. The van der Waals surface area contributed by atoms with E-state index in [1.165, 1.54) is 0 Å². The minimum Gasteiger partial charge on any atom is -0.494 e. The number of H-pyrrole nitrogens is 1. The number of imidazole rings is 1. The smallest absolute Gasteiger partial charge is 0.182 e. The van der Waals surface area contributed by atoms with Crippen molar-refractivity contribution in [3.63, 3.8) is 0 Å². The van der Waals surface area contributed by atoms with Crippen LogP contribution in [0.5, 0.6) is 5.75 Å². The minimum atomic E-state index is 0.685. The Morgan fingerprint density at radius 1 is 1.19 bits per heavy atom. The van der Waals surface area contributed by atoms with E-state index in [4.69, 9.17) is 17.0 Å². The standard InChI is InChI=1S/C16H15BrN2OS/c1-2-9-20-13-6-4-12(5-7-13)19-15-10-11(17)3-8-14(15)18-16(19)21/h3-8,10H,2,9H2,1H3,(H,18,21). The average Bonchev–Trinajstić information content (AvgIpc) is 2.81. The largest absolute Gasteiger partial charge is 0.494 e. The summed E-state index contributed by atoms with van der Waals surface area (Å²) in [6.07, 6.45) is 1.00. The number of halogens is 1. The number of fused-ring (bicyclic) bond motifs is 1. The van der Waals surface area contributed by atoms with Gasteiger partial charge in [-0.2, -0.15) is 0 Å². The van der Waals surface area contributed by atoms with E-state index in [9.17, 15) is 0 Å². The predicted molar refractivity (Wildman–Crippen MR) is 91.9 cm³/mol. The Labute approximate surface area is 136 Å². The highest BCUT2D eigenvalue weighted by Gasteiger charge is 2.07. The van der Waals surface area contributed by atoms with Crippen LogP contribution < -0.4 is 4.74 Å². The summed E-state index contributed by atoms with van der Waals surface area (Å²) in [5.41, 5.74) is 3.10. The zero-order valence-electron chi connectivity index (χ0n) is 11.6. The molecule has 0 unspecified atom stereocenters. The molecule has 3 aromatic rings. The van der Waals surface area contributed by atoms with Gasteiger partial charge in [0.2, 0.25) is 0 Å². The van der Waals surface area contributed by atoms with E-state index >= 15 is 0 Å². The van der Waals surface area contributed by atoms with Crippen molar-refractivity contribution in [3.05, 3.63) is 51.7 Å². The van der Waals surface area contributed by atoms with E-state index in [0.29, 0.717) is 4.77 Å². The molecule has 0 aliphatic carbocycles. The zero-order chi connectivity index (χ0) is 14.8. The third-order valence-electron chi connectivity index (χ3n) is 3.21. The molecule has 0 spiro atoms. The molecule has 3 nitrogen and oxygen atoms in total. The van der Waals surface area contributed by atoms with Gasteiger partial charge in [0, 0.05) is 10.2 Å². The summed E-state index contributed by atoms with van der Waals surface area (Å²) < 4.78 is 9.35. The van der Waals surface area contributed by atoms with Gasteiger partial charge in [0.15, 0.2) is 4.77 Å². The molecule has 0 bridgehead atoms. The number of aromatic amines is 1. The van der Waals surface area contributed by atoms with Crippen LogP contribution in [0.3, 0.4) is 0 Å². The lowest BCUT2D eigenvalue weighted by Gasteiger charge is -2.08. The molecule has 1 heterocycles. The second-order valence-corrected chi connectivity index (χ2v) is 6.07. The number of nitrogens with one attached hydrogen (secondary N) is 1. The number of benzene rings is 2. The molecule has 0 fully saturated rings. The number of hydrogen-bond donors (Lipinski definition) is 1. The van der Waals surface area contributed by atoms with Crippen molar-refractivity contribution in [2.75, 3.05) is 6.61 Å². The summed E-state index contributed by atoms with van der Waals surface area (Å²) in [6.45, 7) is 2.83. The number of ether oxygens (including phenoxy) is 1. The second kappa shape index (κ2) is 6.03. The van der Waals surface area contributed by atoms with Gasteiger partial charge in [-0.3, -0.25) is 4.57 Å². The van der Waals surface area contributed by atoms with Crippen molar-refractivity contribution in [1.29, 1.82) is 0 Å². The van der Waals surface area contributed by atoms with Crippen LogP contribution in [-0.4, -0.2) is 16.2 Å². The Balaban J connectivity index is 2.05. The van der Waals surface area contributed by atoms with E-state index in [1.54, 1.807) is 0 Å². The molecule has 0 saturated heterocycles. The van der Waals surface area contributed by atoms with Crippen LogP contribution in [0, 0.1) is 4.77 Å². The van der Waals surface area contributed by atoms with Gasteiger partial charge in [-0.05, 0) is 61.1 Å². The fourth-order valence-electron chi connectivity index (χ4n) is 2.24. The molecule has 5 heteroatoms. The first-order valence-electron chi connectivity index (χ1n) is 6.82. The number of hydrogen-bond acceptors (Lipinski definition) is 2. The monoisotopic (exact) mass is 362 g/mol. The van der Waals surface area contributed by atoms with Crippen LogP contribution in [0.2, 0.25) is 0 Å². The van der Waals surface area contributed by atoms with E-state index in [2.05, 4.69) is 33.9 Å². The SMILES string of the molecule is CCCOc1ccc(-n2c(=S)[nH]c3ccc(Br)cc32)cc1. The van der Waals surface area contributed by atoms with Crippen LogP contribution >= 0.6 is 28.1 Å². The third kappa shape index (κ3) is 2.89. The highest BCUT2D eigenvalue weighted by atomic mass is 79.9. The first kappa shape index (κ1) is 14.4. The number of nitrogens with zero attached hydrogens (tertiary/aromatic N) is 1. The summed E-state index contributed by atoms with van der Waals surface area (Å²) in [4.78, 5) is 3.23. The minimum absolute atomic E-state index is 0.685. The third-order valence-corrected chi connectivity index (χ3v) is 3.99. The number of rotatable bonds is 4. The van der Waals surface area contributed by atoms with Crippen LogP contribution in [0.25, 0.3) is 16.7 Å². The van der Waals surface area contributed by atoms with Gasteiger partial charge in [-0.25, -0.2) is 0 Å². The molecule has 0 aliphatic rings. The quantitative estimate of drug-likeness (QED) is 0.643. The van der Waals surface area contributed by atoms with Crippen LogP contribution in [0.4, 0.5) is 0 Å². The number of aromatic nitrogens is 2. The first-order chi connectivity index (χ1) is 10.2. The molecule has 0 saturated carbocycles. The predicted octanol–water partition coefficient (Wildman–Crippen LogP) is 5.24. The molecular formula is C16H15BrN2OS. The van der Waals surface area contributed by atoms with Gasteiger partial charge in [0.1, 0.15) is 5.75 Å². The topological polar surface area (TPSA) is 29.9 Å². The Morgan fingerprint density at radius 2 is 1.95 bits per heavy atom. The van der Waals surface area contributed by atoms with Crippen LogP contribution in [0.15, 0.2) is 46.9 Å². The molecular weight excluding hydrogens is 348 g/mol. The summed E-state index contributed by atoms with van der Waals surface area (Å²) in [6, 6.07) is 14.1. The van der Waals surface area contributed by atoms with E-state index in [0.717, 1.165) is 40.0 Å². The summed E-state index contributed by atoms with van der Waals surface area (Å²) in [7, 11) is 0. The molecule has 3 rings (SSSR count). The normalized spacial score (nSPS) is 11.0. The molecule has 108 valence electrons. The zero-order valence-corrected chi connectivity index (χ0v) is 14.0. The Bertz CT molecular complexity index is 820. The molecule has 2 aromatic carbocycles. The van der Waals surface area contributed by atoms with E-state index < -0.39 is 0 Å². The van der Waals surface area contributed by atoms with Gasteiger partial charge in [-0.15, -0.1) is 0 Å². The first-order valence-corrected chi connectivity index (χ1v) is 8.02. The second-order valence-electron chi connectivity index (χ2n) is 4.77.